The van der Waals surface area contributed by atoms with Gasteiger partial charge in [0, 0.05) is 38.0 Å². The van der Waals surface area contributed by atoms with Crippen molar-refractivity contribution in [2.45, 2.75) is 6.04 Å². The first-order chi connectivity index (χ1) is 9.90. The van der Waals surface area contributed by atoms with E-state index in [4.69, 9.17) is 4.74 Å². The number of rotatable bonds is 5. The van der Waals surface area contributed by atoms with Crippen LogP contribution < -0.4 is 5.32 Å². The van der Waals surface area contributed by atoms with Crippen molar-refractivity contribution in [1.29, 1.82) is 0 Å². The van der Waals surface area contributed by atoms with Crippen molar-refractivity contribution in [3.63, 3.8) is 0 Å². The highest BCUT2D eigenvalue weighted by Gasteiger charge is 2.34. The van der Waals surface area contributed by atoms with E-state index in [0.29, 0.717) is 18.8 Å². The van der Waals surface area contributed by atoms with Gasteiger partial charge in [-0.2, -0.15) is 0 Å². The third-order valence-corrected chi connectivity index (χ3v) is 5.40. The van der Waals surface area contributed by atoms with E-state index in [-0.39, 0.29) is 23.6 Å². The Kier molecular flexibility index (Phi) is 4.92. The minimum Gasteiger partial charge on any atom is -0.379 e. The molecule has 0 unspecified atom stereocenters. The van der Waals surface area contributed by atoms with E-state index < -0.39 is 10.0 Å². The van der Waals surface area contributed by atoms with Gasteiger partial charge in [-0.25, -0.2) is 12.7 Å². The Labute approximate surface area is 124 Å². The van der Waals surface area contributed by atoms with Crippen molar-refractivity contribution in [2.24, 2.45) is 5.92 Å². The van der Waals surface area contributed by atoms with Crippen LogP contribution in [0, 0.1) is 5.92 Å². The summed E-state index contributed by atoms with van der Waals surface area (Å²) < 4.78 is 30.4. The Morgan fingerprint density at radius 1 is 1.38 bits per heavy atom. The van der Waals surface area contributed by atoms with Crippen molar-refractivity contribution in [1.82, 2.24) is 14.6 Å². The third-order valence-electron chi connectivity index (χ3n) is 3.44. The summed E-state index contributed by atoms with van der Waals surface area (Å²) in [7, 11) is -0.331. The molecule has 2 rings (SSSR count). The molecule has 1 amide bonds. The fourth-order valence-corrected chi connectivity index (χ4v) is 3.26. The van der Waals surface area contributed by atoms with Gasteiger partial charge in [-0.1, -0.05) is 0 Å². The standard InChI is InChI=1S/C13H19N3O4S/c1-16(2)21(18,19)9-11-7-20-8-12(11)15-13(17)10-3-5-14-6-4-10/h3-6,11-12H,7-9H2,1-2H3,(H,15,17)/t11-,12+/m0/s1. The van der Waals surface area contributed by atoms with Crippen LogP contribution in [-0.4, -0.2) is 62.7 Å². The van der Waals surface area contributed by atoms with Gasteiger partial charge in [0.05, 0.1) is 25.0 Å². The summed E-state index contributed by atoms with van der Waals surface area (Å²) in [6, 6.07) is 2.91. The molecule has 0 saturated carbocycles. The third kappa shape index (κ3) is 3.99. The van der Waals surface area contributed by atoms with Crippen molar-refractivity contribution >= 4 is 15.9 Å². The number of hydrogen-bond acceptors (Lipinski definition) is 5. The molecule has 1 N–H and O–H groups in total. The molecule has 2 heterocycles. The van der Waals surface area contributed by atoms with E-state index >= 15 is 0 Å². The molecule has 1 aromatic heterocycles. The average molecular weight is 313 g/mol. The minimum atomic E-state index is -3.32. The number of aromatic nitrogens is 1. The number of nitrogens with zero attached hydrogens (tertiary/aromatic N) is 2. The van der Waals surface area contributed by atoms with Crippen LogP contribution in [-0.2, 0) is 14.8 Å². The molecule has 1 fully saturated rings. The first-order valence-corrected chi connectivity index (χ1v) is 8.20. The molecule has 0 radical (unpaired) electrons. The molecule has 1 aromatic rings. The summed E-state index contributed by atoms with van der Waals surface area (Å²) in [6.45, 7) is 0.652. The number of nitrogens with one attached hydrogen (secondary N) is 1. The first kappa shape index (κ1) is 15.9. The van der Waals surface area contributed by atoms with E-state index in [1.165, 1.54) is 30.8 Å². The number of pyridine rings is 1. The van der Waals surface area contributed by atoms with Gasteiger partial charge in [-0.05, 0) is 12.1 Å². The molecule has 1 aliphatic rings. The van der Waals surface area contributed by atoms with Crippen LogP contribution in [0.5, 0.6) is 0 Å². The topological polar surface area (TPSA) is 88.6 Å². The van der Waals surface area contributed by atoms with Crippen molar-refractivity contribution in [2.75, 3.05) is 33.1 Å². The number of amides is 1. The molecule has 0 bridgehead atoms. The van der Waals surface area contributed by atoms with Crippen molar-refractivity contribution in [3.8, 4) is 0 Å². The number of carbonyl (C=O) groups excluding carboxylic acids is 1. The van der Waals surface area contributed by atoms with Crippen LogP contribution in [0.4, 0.5) is 0 Å². The summed E-state index contributed by atoms with van der Waals surface area (Å²) in [5.74, 6) is -0.537. The number of carbonyl (C=O) groups is 1. The molecule has 0 aliphatic carbocycles. The summed E-state index contributed by atoms with van der Waals surface area (Å²) in [5.41, 5.74) is 0.492. The van der Waals surface area contributed by atoms with Crippen LogP contribution in [0.15, 0.2) is 24.5 Å². The highest BCUT2D eigenvalue weighted by atomic mass is 32.2. The molecule has 0 spiro atoms. The largest absolute Gasteiger partial charge is 0.379 e. The SMILES string of the molecule is CN(C)S(=O)(=O)C[C@@H]1COC[C@H]1NC(=O)c1ccncc1. The lowest BCUT2D eigenvalue weighted by molar-refractivity contribution is 0.0926. The maximum Gasteiger partial charge on any atom is 0.251 e. The van der Waals surface area contributed by atoms with E-state index in [9.17, 15) is 13.2 Å². The lowest BCUT2D eigenvalue weighted by atomic mass is 10.1. The zero-order valence-corrected chi connectivity index (χ0v) is 12.8. The summed E-state index contributed by atoms with van der Waals surface area (Å²) in [4.78, 5) is 15.9. The zero-order valence-electron chi connectivity index (χ0n) is 12.0. The van der Waals surface area contributed by atoms with Gasteiger partial charge in [0.15, 0.2) is 0 Å². The predicted octanol–water partition coefficient (Wildman–Crippen LogP) is -0.282. The number of ether oxygens (including phenoxy) is 1. The zero-order chi connectivity index (χ0) is 15.5. The molecule has 116 valence electrons. The summed E-state index contributed by atoms with van der Waals surface area (Å²) in [6.07, 6.45) is 3.07. The van der Waals surface area contributed by atoms with Crippen LogP contribution in [0.3, 0.4) is 0 Å². The monoisotopic (exact) mass is 313 g/mol. The van der Waals surface area contributed by atoms with Gasteiger partial charge >= 0.3 is 0 Å². The molecule has 1 aliphatic heterocycles. The summed E-state index contributed by atoms with van der Waals surface area (Å²) in [5, 5.41) is 2.83. The van der Waals surface area contributed by atoms with E-state index in [1.54, 1.807) is 12.1 Å². The molecular weight excluding hydrogens is 294 g/mol. The second kappa shape index (κ2) is 6.50. The van der Waals surface area contributed by atoms with E-state index in [2.05, 4.69) is 10.3 Å². The highest BCUT2D eigenvalue weighted by Crippen LogP contribution is 2.17. The smallest absolute Gasteiger partial charge is 0.251 e. The lowest BCUT2D eigenvalue weighted by Gasteiger charge is -2.21. The van der Waals surface area contributed by atoms with Gasteiger partial charge in [0.1, 0.15) is 0 Å². The maximum atomic E-state index is 12.1. The van der Waals surface area contributed by atoms with Gasteiger partial charge in [0.25, 0.3) is 5.91 Å². The highest BCUT2D eigenvalue weighted by molar-refractivity contribution is 7.89. The van der Waals surface area contributed by atoms with Gasteiger partial charge < -0.3 is 10.1 Å². The molecule has 0 aromatic carbocycles. The minimum absolute atomic E-state index is 0.0404. The Hall–Kier alpha value is -1.51. The van der Waals surface area contributed by atoms with Gasteiger partial charge in [-0.3, -0.25) is 9.78 Å². The Bertz CT molecular complexity index is 589. The summed E-state index contributed by atoms with van der Waals surface area (Å²) >= 11 is 0. The second-order valence-electron chi connectivity index (χ2n) is 5.17. The van der Waals surface area contributed by atoms with Crippen LogP contribution in [0.1, 0.15) is 10.4 Å². The van der Waals surface area contributed by atoms with Crippen LogP contribution in [0.25, 0.3) is 0 Å². The maximum absolute atomic E-state index is 12.1. The Balaban J connectivity index is 2.01. The average Bonchev–Trinajstić information content (AvgIpc) is 2.86. The second-order valence-corrected chi connectivity index (χ2v) is 7.40. The van der Waals surface area contributed by atoms with Gasteiger partial charge in [0.2, 0.25) is 10.0 Å². The molecule has 21 heavy (non-hydrogen) atoms. The molecule has 2 atom stereocenters. The van der Waals surface area contributed by atoms with Gasteiger partial charge in [-0.15, -0.1) is 0 Å². The van der Waals surface area contributed by atoms with Crippen LogP contribution >= 0.6 is 0 Å². The molecular formula is C13H19N3O4S. The van der Waals surface area contributed by atoms with E-state index in [0.717, 1.165) is 0 Å². The predicted molar refractivity (Wildman–Crippen MR) is 77.3 cm³/mol. The normalized spacial score (nSPS) is 22.4. The number of sulfonamides is 1. The van der Waals surface area contributed by atoms with Crippen molar-refractivity contribution in [3.05, 3.63) is 30.1 Å². The van der Waals surface area contributed by atoms with Crippen LogP contribution in [0.2, 0.25) is 0 Å². The Morgan fingerprint density at radius 2 is 2.05 bits per heavy atom. The molecule has 1 saturated heterocycles. The molecule has 7 nitrogen and oxygen atoms in total. The molecule has 8 heteroatoms. The first-order valence-electron chi connectivity index (χ1n) is 6.59. The fraction of sp³-hybridized carbons (Fsp3) is 0.538. The number of hydrogen-bond donors (Lipinski definition) is 1. The fourth-order valence-electron chi connectivity index (χ4n) is 2.10. The lowest BCUT2D eigenvalue weighted by Crippen LogP contribution is -2.43. The Morgan fingerprint density at radius 3 is 2.67 bits per heavy atom. The van der Waals surface area contributed by atoms with Crippen molar-refractivity contribution < 1.29 is 17.9 Å². The van der Waals surface area contributed by atoms with E-state index in [1.807, 2.05) is 0 Å². The quantitative estimate of drug-likeness (QED) is 0.807.